The number of nitrogens with two attached hydrogens (primary N) is 1. The minimum atomic E-state index is -0.681. The Morgan fingerprint density at radius 3 is 1.80 bits per heavy atom. The number of rotatable bonds is 2. The highest BCUT2D eigenvalue weighted by molar-refractivity contribution is 5.85. The van der Waals surface area contributed by atoms with Crippen LogP contribution in [0, 0.1) is 5.41 Å². The number of halogens is 3. The predicted octanol–water partition coefficient (Wildman–Crippen LogP) is 1.45. The van der Waals surface area contributed by atoms with Crippen LogP contribution in [0.4, 0.5) is 8.78 Å². The number of alkyl halides is 2. The van der Waals surface area contributed by atoms with Crippen molar-refractivity contribution in [3.63, 3.8) is 0 Å². The molecular weight excluding hydrogens is 160 g/mol. The van der Waals surface area contributed by atoms with Crippen LogP contribution in [0.2, 0.25) is 0 Å². The Morgan fingerprint density at radius 1 is 1.30 bits per heavy atom. The lowest BCUT2D eigenvalue weighted by Gasteiger charge is -2.41. The van der Waals surface area contributed by atoms with Crippen LogP contribution in [0.25, 0.3) is 0 Å². The first-order valence-electron chi connectivity index (χ1n) is 3.10. The maximum Gasteiger partial charge on any atom is 0.0976 e. The van der Waals surface area contributed by atoms with Crippen molar-refractivity contribution in [2.45, 2.75) is 18.9 Å². The zero-order chi connectivity index (χ0) is 6.91. The molecule has 1 aliphatic rings. The van der Waals surface area contributed by atoms with Gasteiger partial charge in [0, 0.05) is 11.5 Å². The summed E-state index contributed by atoms with van der Waals surface area (Å²) in [4.78, 5) is 0. The van der Waals surface area contributed by atoms with E-state index in [2.05, 4.69) is 0 Å². The lowest BCUT2D eigenvalue weighted by Crippen LogP contribution is -2.48. The molecule has 0 aromatic carbocycles. The van der Waals surface area contributed by atoms with Crippen molar-refractivity contribution in [3.8, 4) is 0 Å². The van der Waals surface area contributed by atoms with E-state index in [9.17, 15) is 8.78 Å². The Bertz CT molecular complexity index is 97.9. The lowest BCUT2D eigenvalue weighted by molar-refractivity contribution is 0.0395. The van der Waals surface area contributed by atoms with Crippen LogP contribution in [-0.4, -0.2) is 19.4 Å². The summed E-state index contributed by atoms with van der Waals surface area (Å²) in [5, 5.41) is 0. The summed E-state index contributed by atoms with van der Waals surface area (Å²) in [6.07, 6.45) is 1.03. The molecule has 1 rings (SSSR count). The second-order valence-electron chi connectivity index (χ2n) is 2.94. The number of hydrogen-bond donors (Lipinski definition) is 1. The maximum atomic E-state index is 12.0. The van der Waals surface area contributed by atoms with E-state index in [0.29, 0.717) is 12.8 Å². The first-order valence-corrected chi connectivity index (χ1v) is 3.10. The molecule has 0 aromatic heterocycles. The van der Waals surface area contributed by atoms with Crippen LogP contribution in [0.5, 0.6) is 0 Å². The van der Waals surface area contributed by atoms with Gasteiger partial charge >= 0.3 is 0 Å². The average Bonchev–Trinajstić information content (AvgIpc) is 1.81. The lowest BCUT2D eigenvalue weighted by atomic mass is 9.68. The van der Waals surface area contributed by atoms with Gasteiger partial charge in [0.1, 0.15) is 0 Å². The summed E-state index contributed by atoms with van der Waals surface area (Å²) in [5.74, 6) is 0. The third-order valence-corrected chi connectivity index (χ3v) is 1.96. The summed E-state index contributed by atoms with van der Waals surface area (Å²) < 4.78 is 23.9. The van der Waals surface area contributed by atoms with Crippen LogP contribution in [0.15, 0.2) is 0 Å². The van der Waals surface area contributed by atoms with Gasteiger partial charge in [-0.05, 0) is 12.8 Å². The summed E-state index contributed by atoms with van der Waals surface area (Å²) in [5.41, 5.74) is 4.69. The van der Waals surface area contributed by atoms with Crippen LogP contribution in [0.3, 0.4) is 0 Å². The van der Waals surface area contributed by atoms with Gasteiger partial charge < -0.3 is 5.73 Å². The van der Waals surface area contributed by atoms with Crippen molar-refractivity contribution in [2.24, 2.45) is 11.1 Å². The Balaban J connectivity index is 0.000000810. The van der Waals surface area contributed by atoms with Crippen molar-refractivity contribution >= 4 is 12.4 Å². The minimum Gasteiger partial charge on any atom is -0.328 e. The van der Waals surface area contributed by atoms with E-state index in [4.69, 9.17) is 5.73 Å². The van der Waals surface area contributed by atoms with E-state index in [0.717, 1.165) is 0 Å². The molecule has 1 nitrogen and oxygen atoms in total. The van der Waals surface area contributed by atoms with E-state index in [-0.39, 0.29) is 18.4 Å². The highest BCUT2D eigenvalue weighted by atomic mass is 35.5. The van der Waals surface area contributed by atoms with Gasteiger partial charge in [0.15, 0.2) is 0 Å². The number of hydrogen-bond acceptors (Lipinski definition) is 1. The summed E-state index contributed by atoms with van der Waals surface area (Å²) in [6.45, 7) is -1.12. The van der Waals surface area contributed by atoms with E-state index < -0.39 is 18.8 Å². The molecule has 0 heterocycles. The molecule has 0 saturated heterocycles. The third kappa shape index (κ3) is 1.58. The Morgan fingerprint density at radius 2 is 1.70 bits per heavy atom. The molecule has 0 amide bonds. The zero-order valence-corrected chi connectivity index (χ0v) is 6.46. The molecule has 1 saturated carbocycles. The van der Waals surface area contributed by atoms with Gasteiger partial charge in [-0.15, -0.1) is 12.4 Å². The maximum absolute atomic E-state index is 12.0. The fourth-order valence-corrected chi connectivity index (χ4v) is 1.31. The van der Waals surface area contributed by atoms with Gasteiger partial charge in [0.2, 0.25) is 0 Å². The van der Waals surface area contributed by atoms with E-state index >= 15 is 0 Å². The summed E-state index contributed by atoms with van der Waals surface area (Å²) >= 11 is 0. The quantitative estimate of drug-likeness (QED) is 0.669. The van der Waals surface area contributed by atoms with E-state index in [1.165, 1.54) is 0 Å². The van der Waals surface area contributed by atoms with Crippen LogP contribution < -0.4 is 5.73 Å². The molecule has 0 bridgehead atoms. The Kier molecular flexibility index (Phi) is 3.52. The highest BCUT2D eigenvalue weighted by Gasteiger charge is 2.42. The fourth-order valence-electron chi connectivity index (χ4n) is 1.31. The summed E-state index contributed by atoms with van der Waals surface area (Å²) in [7, 11) is 0. The minimum absolute atomic E-state index is 0. The zero-order valence-electron chi connectivity index (χ0n) is 5.65. The normalized spacial score (nSPS) is 23.1. The van der Waals surface area contributed by atoms with Crippen molar-refractivity contribution in [1.82, 2.24) is 0 Å². The van der Waals surface area contributed by atoms with Gasteiger partial charge in [0.05, 0.1) is 13.3 Å². The molecule has 1 aliphatic carbocycles. The Hall–Kier alpha value is 0.110. The van der Waals surface area contributed by atoms with Gasteiger partial charge in [-0.2, -0.15) is 0 Å². The largest absolute Gasteiger partial charge is 0.328 e. The average molecular weight is 172 g/mol. The van der Waals surface area contributed by atoms with Gasteiger partial charge in [-0.1, -0.05) is 0 Å². The molecule has 62 valence electrons. The third-order valence-electron chi connectivity index (χ3n) is 1.96. The molecule has 10 heavy (non-hydrogen) atoms. The van der Waals surface area contributed by atoms with E-state index in [1.807, 2.05) is 0 Å². The first-order chi connectivity index (χ1) is 4.22. The van der Waals surface area contributed by atoms with Crippen molar-refractivity contribution in [2.75, 3.05) is 13.3 Å². The second-order valence-corrected chi connectivity index (χ2v) is 2.94. The molecule has 0 unspecified atom stereocenters. The molecule has 0 spiro atoms. The van der Waals surface area contributed by atoms with Crippen LogP contribution in [-0.2, 0) is 0 Å². The smallest absolute Gasteiger partial charge is 0.0976 e. The molecule has 0 aromatic rings. The standard InChI is InChI=1S/C6H11F2N.ClH/c7-3-6(4-8)1-5(9)2-6;/h5H,1-4,9H2;1H. The highest BCUT2D eigenvalue weighted by Crippen LogP contribution is 2.40. The van der Waals surface area contributed by atoms with Crippen LogP contribution in [0.1, 0.15) is 12.8 Å². The SMILES string of the molecule is Cl.NC1CC(CF)(CF)C1. The van der Waals surface area contributed by atoms with E-state index in [1.54, 1.807) is 0 Å². The molecule has 0 atom stereocenters. The monoisotopic (exact) mass is 171 g/mol. The fraction of sp³-hybridized carbons (Fsp3) is 1.00. The van der Waals surface area contributed by atoms with Gasteiger partial charge in [-0.25, -0.2) is 0 Å². The Labute approximate surface area is 65.4 Å². The molecule has 0 radical (unpaired) electrons. The first kappa shape index (κ1) is 10.1. The van der Waals surface area contributed by atoms with Gasteiger partial charge in [-0.3, -0.25) is 8.78 Å². The second kappa shape index (κ2) is 3.49. The predicted molar refractivity (Wildman–Crippen MR) is 38.8 cm³/mol. The molecule has 1 fully saturated rings. The summed E-state index contributed by atoms with van der Waals surface area (Å²) in [6, 6.07) is 0.0384. The van der Waals surface area contributed by atoms with Crippen LogP contribution >= 0.6 is 12.4 Å². The van der Waals surface area contributed by atoms with Gasteiger partial charge in [0.25, 0.3) is 0 Å². The molecule has 2 N–H and O–H groups in total. The van der Waals surface area contributed by atoms with Crippen molar-refractivity contribution < 1.29 is 8.78 Å². The molecular formula is C6H12ClF2N. The van der Waals surface area contributed by atoms with Crippen molar-refractivity contribution in [3.05, 3.63) is 0 Å². The molecule has 0 aliphatic heterocycles. The topological polar surface area (TPSA) is 26.0 Å². The van der Waals surface area contributed by atoms with Crippen molar-refractivity contribution in [1.29, 1.82) is 0 Å². The molecule has 4 heteroatoms.